The number of phenolic OH excluding ortho intramolecular Hbond substituents is 1. The Hall–Kier alpha value is -5.57. The van der Waals surface area contributed by atoms with Crippen molar-refractivity contribution in [3.8, 4) is 67.5 Å². The number of nitrogens with zero attached hydrogens (tertiary/aromatic N) is 3. The number of benzene rings is 6. The van der Waals surface area contributed by atoms with E-state index in [0.717, 1.165) is 34.3 Å². The Morgan fingerprint density at radius 1 is 0.719 bits per heavy atom. The number of rotatable bonds is 8. The molecule has 0 saturated heterocycles. The third kappa shape index (κ3) is 7.76. The number of phenols is 1. The number of imidazole rings is 1. The number of aromatic nitrogens is 3. The molecule has 2 heterocycles. The van der Waals surface area contributed by atoms with Crippen molar-refractivity contribution >= 4 is 11.0 Å². The summed E-state index contributed by atoms with van der Waals surface area (Å²) < 4.78 is 87.6. The molecule has 0 aliphatic rings. The van der Waals surface area contributed by atoms with Gasteiger partial charge in [-0.1, -0.05) is 149 Å². The number of aromatic hydroxyl groups is 1. The fourth-order valence-electron chi connectivity index (χ4n) is 6.89. The second kappa shape index (κ2) is 15.8. The monoisotopic (exact) mass is 935 g/mol. The van der Waals surface area contributed by atoms with Gasteiger partial charge < -0.3 is 5.11 Å². The van der Waals surface area contributed by atoms with Crippen LogP contribution in [0, 0.1) is 12.9 Å². The summed E-state index contributed by atoms with van der Waals surface area (Å²) in [6, 6.07) is 32.6. The predicted molar refractivity (Wildman–Crippen MR) is 233 cm³/mol. The van der Waals surface area contributed by atoms with Crippen LogP contribution in [0.5, 0.6) is 5.75 Å². The molecule has 0 radical (unpaired) electrons. The molecule has 0 spiro atoms. The average Bonchev–Trinajstić information content (AvgIpc) is 3.67. The van der Waals surface area contributed by atoms with Gasteiger partial charge in [-0.15, -0.1) is 29.3 Å². The Balaban J connectivity index is 0.00000666. The molecule has 5 heteroatoms. The van der Waals surface area contributed by atoms with Gasteiger partial charge in [0.2, 0.25) is 0 Å². The molecule has 0 bridgehead atoms. The van der Waals surface area contributed by atoms with Crippen molar-refractivity contribution in [3.05, 3.63) is 168 Å². The maximum atomic E-state index is 11.4. The zero-order valence-electron chi connectivity index (χ0n) is 42.6. The van der Waals surface area contributed by atoms with Gasteiger partial charge in [0.15, 0.2) is 0 Å². The first-order valence-electron chi connectivity index (χ1n) is 23.7. The van der Waals surface area contributed by atoms with Crippen molar-refractivity contribution in [2.45, 2.75) is 65.6 Å². The summed E-state index contributed by atoms with van der Waals surface area (Å²) in [6.07, 6.45) is 0.344. The first kappa shape index (κ1) is 28.8. The molecule has 0 atom stereocenters. The van der Waals surface area contributed by atoms with Crippen LogP contribution in [-0.4, -0.2) is 19.6 Å². The van der Waals surface area contributed by atoms with Crippen LogP contribution in [-0.2, 0) is 31.9 Å². The molecule has 0 fully saturated rings. The van der Waals surface area contributed by atoms with Crippen molar-refractivity contribution in [2.75, 3.05) is 0 Å². The molecule has 4 nitrogen and oxygen atoms in total. The molecule has 0 saturated carbocycles. The minimum atomic E-state index is -2.96. The fourth-order valence-corrected chi connectivity index (χ4v) is 6.89. The van der Waals surface area contributed by atoms with Gasteiger partial charge in [-0.3, -0.25) is 9.55 Å². The van der Waals surface area contributed by atoms with Crippen molar-refractivity contribution in [1.82, 2.24) is 14.5 Å². The molecule has 2 aromatic heterocycles. The normalized spacial score (nSPS) is 14.5. The van der Waals surface area contributed by atoms with Crippen LogP contribution >= 0.6 is 0 Å². The Morgan fingerprint density at radius 3 is 2.16 bits per heavy atom. The van der Waals surface area contributed by atoms with Crippen LogP contribution in [0.3, 0.4) is 0 Å². The van der Waals surface area contributed by atoms with Crippen LogP contribution in [0.2, 0.25) is 0 Å². The summed E-state index contributed by atoms with van der Waals surface area (Å²) in [6.45, 7) is 9.74. The van der Waals surface area contributed by atoms with E-state index in [4.69, 9.17) is 17.3 Å². The van der Waals surface area contributed by atoms with Crippen LogP contribution in [0.1, 0.15) is 78.4 Å². The molecule has 1 N–H and O–H groups in total. The number of para-hydroxylation sites is 2. The van der Waals surface area contributed by atoms with Gasteiger partial charge in [0, 0.05) is 42.6 Å². The quantitative estimate of drug-likeness (QED) is 0.154. The van der Waals surface area contributed by atoms with Gasteiger partial charge in [-0.05, 0) is 82.7 Å². The molecule has 8 rings (SSSR count). The average molecular weight is 936 g/mol. The maximum absolute atomic E-state index is 11.4. The van der Waals surface area contributed by atoms with E-state index < -0.39 is 65.8 Å². The predicted octanol–water partition coefficient (Wildman–Crippen LogP) is 13.6. The number of pyridine rings is 1. The SMILES string of the molecule is [2H]c1nc(-c2[c-]c(-c3cccc4c3nc(-c3ccccc3O)n4-c3ccc(C(C)(C)CC)cc3-c3ccccc3)cc(C(C)(C)C)c2)c([2H])c(-c2c([2H])c([2H])c(C([2H])([2H])[2H])c([2H])c2[2H])c1[2H].[Pt]. The zero-order chi connectivity index (χ0) is 47.8. The van der Waals surface area contributed by atoms with Crippen molar-refractivity contribution in [2.24, 2.45) is 0 Å². The molecular formula is C52H48N3OPt-. The summed E-state index contributed by atoms with van der Waals surface area (Å²) in [4.78, 5) is 9.72. The smallest absolute Gasteiger partial charge is 0.148 e. The molecule has 0 aliphatic heterocycles. The first-order chi connectivity index (χ1) is 31.0. The third-order valence-electron chi connectivity index (χ3n) is 10.6. The molecule has 57 heavy (non-hydrogen) atoms. The fraction of sp³-hybridized carbons (Fsp3) is 0.192. The van der Waals surface area contributed by atoms with Crippen LogP contribution in [0.4, 0.5) is 0 Å². The Labute approximate surface area is 365 Å². The Kier molecular flexibility index (Phi) is 7.95. The van der Waals surface area contributed by atoms with Crippen molar-refractivity contribution in [1.29, 1.82) is 0 Å². The summed E-state index contributed by atoms with van der Waals surface area (Å²) in [5, 5.41) is 11.4. The first-order valence-corrected chi connectivity index (χ1v) is 18.7. The van der Waals surface area contributed by atoms with E-state index in [1.54, 1.807) is 18.2 Å². The number of hydrogen-bond donors (Lipinski definition) is 1. The molecule has 0 aliphatic carbocycles. The summed E-state index contributed by atoms with van der Waals surface area (Å²) in [7, 11) is 0. The minimum Gasteiger partial charge on any atom is -0.507 e. The second-order valence-electron chi connectivity index (χ2n) is 15.7. The van der Waals surface area contributed by atoms with E-state index in [-0.39, 0.29) is 49.1 Å². The Bertz CT molecular complexity index is 3200. The number of hydrogen-bond acceptors (Lipinski definition) is 3. The van der Waals surface area contributed by atoms with Gasteiger partial charge >= 0.3 is 0 Å². The van der Waals surface area contributed by atoms with E-state index in [0.29, 0.717) is 28.0 Å². The second-order valence-corrected chi connectivity index (χ2v) is 15.7. The van der Waals surface area contributed by atoms with Crippen LogP contribution in [0.25, 0.3) is 72.7 Å². The van der Waals surface area contributed by atoms with E-state index in [9.17, 15) is 6.48 Å². The molecule has 288 valence electrons. The topological polar surface area (TPSA) is 50.9 Å². The zero-order valence-corrected chi connectivity index (χ0v) is 34.9. The van der Waals surface area contributed by atoms with Crippen LogP contribution in [0.15, 0.2) is 146 Å². The summed E-state index contributed by atoms with van der Waals surface area (Å²) in [5.41, 5.74) is 5.83. The Morgan fingerprint density at radius 2 is 1.44 bits per heavy atom. The standard InChI is InChI=1S/C52H48N3O.Pt/c1-8-52(6,7)40-25-26-46(44(33-40)36-15-10-9-11-16-36)55-47-19-14-18-42(49(47)54-50(55)43-17-12-13-20-48(43)56)38-29-39(31-41(30-38)51(3,4)5)45-32-37(27-28-53-45)35-23-21-34(2)22-24-35;/h9-28,30-33,56H,8H2,1-7H3;/q-1;/i2D3,21D,22D,23D,24D,27D,28D,32D;. The van der Waals surface area contributed by atoms with Crippen molar-refractivity contribution in [3.63, 3.8) is 0 Å². The molecule has 6 aromatic carbocycles. The molecular weight excluding hydrogens is 878 g/mol. The van der Waals surface area contributed by atoms with E-state index in [1.807, 2.05) is 75.4 Å². The largest absolute Gasteiger partial charge is 0.507 e. The molecule has 0 unspecified atom stereocenters. The van der Waals surface area contributed by atoms with Gasteiger partial charge in [0.25, 0.3) is 0 Å². The number of fused-ring (bicyclic) bond motifs is 1. The minimum absolute atomic E-state index is 0. The maximum Gasteiger partial charge on any atom is 0.148 e. The molecule has 0 amide bonds. The van der Waals surface area contributed by atoms with Gasteiger partial charge in [-0.25, -0.2) is 4.98 Å². The van der Waals surface area contributed by atoms with Gasteiger partial charge in [0.05, 0.1) is 31.9 Å². The van der Waals surface area contributed by atoms with Gasteiger partial charge in [0.1, 0.15) is 11.6 Å². The van der Waals surface area contributed by atoms with Crippen LogP contribution < -0.4 is 0 Å². The summed E-state index contributed by atoms with van der Waals surface area (Å²) >= 11 is 0. The summed E-state index contributed by atoms with van der Waals surface area (Å²) in [5.74, 6) is 0.546. The van der Waals surface area contributed by atoms with E-state index in [2.05, 4.69) is 66.7 Å². The third-order valence-corrected chi connectivity index (χ3v) is 10.6. The molecule has 8 aromatic rings. The van der Waals surface area contributed by atoms with E-state index in [1.165, 1.54) is 5.56 Å². The van der Waals surface area contributed by atoms with E-state index >= 15 is 0 Å². The van der Waals surface area contributed by atoms with Gasteiger partial charge in [-0.2, -0.15) is 0 Å². The van der Waals surface area contributed by atoms with Crippen molar-refractivity contribution < 1.29 is 39.9 Å².